The van der Waals surface area contributed by atoms with Crippen molar-refractivity contribution in [3.05, 3.63) is 0 Å². The van der Waals surface area contributed by atoms with Crippen LogP contribution in [-0.2, 0) is 4.79 Å². The van der Waals surface area contributed by atoms with E-state index < -0.39 is 0 Å². The fourth-order valence-electron chi connectivity index (χ4n) is 1.83. The Balaban J connectivity index is 2.34. The summed E-state index contributed by atoms with van der Waals surface area (Å²) in [6.07, 6.45) is 3.76. The molecule has 0 aromatic rings. The van der Waals surface area contributed by atoms with Crippen molar-refractivity contribution in [3.63, 3.8) is 0 Å². The summed E-state index contributed by atoms with van der Waals surface area (Å²) >= 11 is 1.88. The van der Waals surface area contributed by atoms with Gasteiger partial charge in [-0.2, -0.15) is 0 Å². The van der Waals surface area contributed by atoms with Gasteiger partial charge in [-0.25, -0.2) is 0 Å². The molecular weight excluding hydrogens is 267 g/mol. The van der Waals surface area contributed by atoms with Crippen LogP contribution in [0.1, 0.15) is 32.6 Å². The lowest BCUT2D eigenvalue weighted by Gasteiger charge is -2.28. The Kier molecular flexibility index (Phi) is 3.96. The molecule has 0 bridgehead atoms. The molecule has 70 valence electrons. The highest BCUT2D eigenvalue weighted by Gasteiger charge is 2.26. The van der Waals surface area contributed by atoms with Gasteiger partial charge in [-0.1, -0.05) is 0 Å². The molecule has 0 amide bonds. The Morgan fingerprint density at radius 3 is 2.25 bits per heavy atom. The summed E-state index contributed by atoms with van der Waals surface area (Å²) < 4.78 is 0.289. The number of hydrogen-bond donors (Lipinski definition) is 1. The Morgan fingerprint density at radius 1 is 1.42 bits per heavy atom. The molecule has 1 aliphatic carbocycles. The number of rotatable bonds is 2. The highest BCUT2D eigenvalue weighted by molar-refractivity contribution is 14.1. The lowest BCUT2D eigenvalue weighted by atomic mass is 9.80. The first-order chi connectivity index (χ1) is 5.61. The van der Waals surface area contributed by atoms with Gasteiger partial charge in [0.15, 0.2) is 3.79 Å². The van der Waals surface area contributed by atoms with E-state index >= 15 is 0 Å². The van der Waals surface area contributed by atoms with E-state index in [2.05, 4.69) is 0 Å². The maximum atomic E-state index is 11.0. The first-order valence-electron chi connectivity index (χ1n) is 4.48. The molecule has 2 nitrogen and oxygen atoms in total. The van der Waals surface area contributed by atoms with E-state index in [9.17, 15) is 9.90 Å². The van der Waals surface area contributed by atoms with Crippen molar-refractivity contribution in [2.24, 2.45) is 11.8 Å². The van der Waals surface area contributed by atoms with Crippen LogP contribution in [0.25, 0.3) is 0 Å². The number of aliphatic hydroxyl groups excluding tert-OH is 1. The molecule has 0 saturated heterocycles. The summed E-state index contributed by atoms with van der Waals surface area (Å²) in [5.41, 5.74) is 0. The minimum atomic E-state index is -0.199. The molecule has 0 aromatic heterocycles. The van der Waals surface area contributed by atoms with Crippen molar-refractivity contribution in [3.8, 4) is 0 Å². The molecule has 1 fully saturated rings. The zero-order chi connectivity index (χ0) is 9.14. The van der Waals surface area contributed by atoms with Gasteiger partial charge in [-0.15, -0.1) is 0 Å². The topological polar surface area (TPSA) is 37.3 Å². The second kappa shape index (κ2) is 4.56. The van der Waals surface area contributed by atoms with Gasteiger partial charge in [0, 0.05) is 5.92 Å². The molecule has 0 spiro atoms. The van der Waals surface area contributed by atoms with Gasteiger partial charge in [0.1, 0.15) is 0 Å². The molecular formula is C9H15IO2. The Labute approximate surface area is 86.9 Å². The van der Waals surface area contributed by atoms with Crippen molar-refractivity contribution in [1.29, 1.82) is 0 Å². The lowest BCUT2D eigenvalue weighted by molar-refractivity contribution is -0.114. The van der Waals surface area contributed by atoms with Crippen LogP contribution in [0.15, 0.2) is 0 Å². The highest BCUT2D eigenvalue weighted by Crippen LogP contribution is 2.32. The quantitative estimate of drug-likeness (QED) is 0.622. The van der Waals surface area contributed by atoms with Crippen molar-refractivity contribution < 1.29 is 9.90 Å². The number of carbonyl (C=O) groups excluding carboxylic acids is 1. The van der Waals surface area contributed by atoms with E-state index in [-0.39, 0.29) is 15.8 Å². The fraction of sp³-hybridized carbons (Fsp3) is 0.889. The zero-order valence-corrected chi connectivity index (χ0v) is 9.45. The minimum Gasteiger partial charge on any atom is -0.393 e. The average molecular weight is 282 g/mol. The number of carbonyl (C=O) groups is 1. The first-order valence-corrected chi connectivity index (χ1v) is 5.56. The lowest BCUT2D eigenvalue weighted by Crippen LogP contribution is -2.25. The van der Waals surface area contributed by atoms with Crippen molar-refractivity contribution in [2.75, 3.05) is 0 Å². The second-order valence-corrected chi connectivity index (χ2v) is 4.72. The van der Waals surface area contributed by atoms with Gasteiger partial charge in [0.2, 0.25) is 0 Å². The second-order valence-electron chi connectivity index (χ2n) is 3.66. The minimum absolute atomic E-state index is 0.199. The van der Waals surface area contributed by atoms with Crippen LogP contribution in [0.4, 0.5) is 0 Å². The van der Waals surface area contributed by atoms with Crippen LogP contribution < -0.4 is 0 Å². The Bertz CT molecular complexity index is 160. The summed E-state index contributed by atoms with van der Waals surface area (Å²) in [6.45, 7) is 1.84. The largest absolute Gasteiger partial charge is 0.393 e. The van der Waals surface area contributed by atoms with Gasteiger partial charge in [0.25, 0.3) is 0 Å². The molecule has 1 aliphatic rings. The summed E-state index contributed by atoms with van der Waals surface area (Å²) in [6, 6.07) is 0. The molecule has 0 radical (unpaired) electrons. The maximum absolute atomic E-state index is 11.0. The molecule has 1 saturated carbocycles. The smallest absolute Gasteiger partial charge is 0.195 e. The predicted octanol–water partition coefficient (Wildman–Crippen LogP) is 2.14. The molecule has 12 heavy (non-hydrogen) atoms. The van der Waals surface area contributed by atoms with Crippen LogP contribution in [0.2, 0.25) is 0 Å². The van der Waals surface area contributed by atoms with Crippen molar-refractivity contribution >= 4 is 26.4 Å². The van der Waals surface area contributed by atoms with Crippen LogP contribution in [-0.4, -0.2) is 15.0 Å². The molecule has 1 N–H and O–H groups in total. The van der Waals surface area contributed by atoms with Crippen LogP contribution in [0.3, 0.4) is 0 Å². The summed E-state index contributed by atoms with van der Waals surface area (Å²) in [7, 11) is 0. The third-order valence-electron chi connectivity index (χ3n) is 2.78. The highest BCUT2D eigenvalue weighted by atomic mass is 127. The standard InChI is InChI=1S/C9H15IO2/c1-6(11)7-2-4-8(5-3-7)9(10)12/h6-8,11H,2-5H2,1H3. The molecule has 1 rings (SSSR count). The van der Waals surface area contributed by atoms with Gasteiger partial charge in [-0.05, 0) is 61.1 Å². The monoisotopic (exact) mass is 282 g/mol. The number of aliphatic hydroxyl groups is 1. The van der Waals surface area contributed by atoms with Gasteiger partial charge in [0.05, 0.1) is 6.10 Å². The summed E-state index contributed by atoms with van der Waals surface area (Å²) in [5.74, 6) is 0.692. The van der Waals surface area contributed by atoms with E-state index in [0.29, 0.717) is 5.92 Å². The molecule has 0 aliphatic heterocycles. The first kappa shape index (κ1) is 10.4. The van der Waals surface area contributed by atoms with Crippen LogP contribution >= 0.6 is 22.6 Å². The van der Waals surface area contributed by atoms with E-state index in [1.165, 1.54) is 0 Å². The fourth-order valence-corrected chi connectivity index (χ4v) is 2.45. The normalized spacial score (nSPS) is 32.9. The van der Waals surface area contributed by atoms with Crippen molar-refractivity contribution in [2.45, 2.75) is 38.7 Å². The average Bonchev–Trinajstić information content (AvgIpc) is 2.04. The van der Waals surface area contributed by atoms with Gasteiger partial charge in [-0.3, -0.25) is 4.79 Å². The maximum Gasteiger partial charge on any atom is 0.195 e. The van der Waals surface area contributed by atoms with Crippen LogP contribution in [0.5, 0.6) is 0 Å². The molecule has 3 heteroatoms. The van der Waals surface area contributed by atoms with Gasteiger partial charge < -0.3 is 5.11 Å². The third-order valence-corrected chi connectivity index (χ3v) is 3.66. The van der Waals surface area contributed by atoms with Crippen LogP contribution in [0, 0.1) is 11.8 Å². The van der Waals surface area contributed by atoms with Crippen molar-refractivity contribution in [1.82, 2.24) is 0 Å². The van der Waals surface area contributed by atoms with E-state index in [1.807, 2.05) is 29.5 Å². The van der Waals surface area contributed by atoms with Gasteiger partial charge >= 0.3 is 0 Å². The molecule has 0 aromatic carbocycles. The Morgan fingerprint density at radius 2 is 1.92 bits per heavy atom. The molecule has 1 atom stereocenters. The zero-order valence-electron chi connectivity index (χ0n) is 7.29. The summed E-state index contributed by atoms with van der Waals surface area (Å²) in [4.78, 5) is 11.0. The van der Waals surface area contributed by atoms with E-state index in [4.69, 9.17) is 0 Å². The predicted molar refractivity (Wildman–Crippen MR) is 56.2 cm³/mol. The molecule has 0 heterocycles. The number of halogens is 1. The van der Waals surface area contributed by atoms with E-state index in [0.717, 1.165) is 25.7 Å². The SMILES string of the molecule is CC(O)C1CCC(C(=O)I)CC1. The van der Waals surface area contributed by atoms with E-state index in [1.54, 1.807) is 0 Å². The summed E-state index contributed by atoms with van der Waals surface area (Å²) in [5, 5.41) is 9.32. The Hall–Kier alpha value is 0.360. The third kappa shape index (κ3) is 2.69. The number of hydrogen-bond acceptors (Lipinski definition) is 2. The molecule has 1 unspecified atom stereocenters.